The average Bonchev–Trinajstić information content (AvgIpc) is 2.95. The SMILES string of the molecule is COc1ccc2cc(C(=O)NCC(=O)OCCN(C)C)oc2c1. The molecule has 124 valence electrons. The Morgan fingerprint density at radius 3 is 2.74 bits per heavy atom. The van der Waals surface area contributed by atoms with E-state index in [-0.39, 0.29) is 18.9 Å². The number of methoxy groups -OCH3 is 1. The van der Waals surface area contributed by atoms with Gasteiger partial charge in [0.1, 0.15) is 24.5 Å². The molecule has 0 aliphatic rings. The van der Waals surface area contributed by atoms with Gasteiger partial charge in [0.15, 0.2) is 5.76 Å². The van der Waals surface area contributed by atoms with Gasteiger partial charge in [-0.05, 0) is 32.3 Å². The molecular weight excluding hydrogens is 300 g/mol. The van der Waals surface area contributed by atoms with Gasteiger partial charge in [-0.2, -0.15) is 0 Å². The number of nitrogens with one attached hydrogen (secondary N) is 1. The summed E-state index contributed by atoms with van der Waals surface area (Å²) in [5, 5.41) is 3.26. The van der Waals surface area contributed by atoms with E-state index in [1.807, 2.05) is 19.0 Å². The number of hydrogen-bond acceptors (Lipinski definition) is 6. The van der Waals surface area contributed by atoms with Crippen LogP contribution < -0.4 is 10.1 Å². The van der Waals surface area contributed by atoms with E-state index in [2.05, 4.69) is 5.32 Å². The smallest absolute Gasteiger partial charge is 0.325 e. The number of hydrogen-bond donors (Lipinski definition) is 1. The van der Waals surface area contributed by atoms with Gasteiger partial charge in [-0.15, -0.1) is 0 Å². The molecule has 0 radical (unpaired) electrons. The highest BCUT2D eigenvalue weighted by molar-refractivity contribution is 5.97. The van der Waals surface area contributed by atoms with Gasteiger partial charge in [0.2, 0.25) is 0 Å². The van der Waals surface area contributed by atoms with E-state index >= 15 is 0 Å². The van der Waals surface area contributed by atoms with Crippen molar-refractivity contribution in [3.63, 3.8) is 0 Å². The lowest BCUT2D eigenvalue weighted by atomic mass is 10.2. The van der Waals surface area contributed by atoms with Crippen LogP contribution in [0.1, 0.15) is 10.6 Å². The molecule has 0 bridgehead atoms. The minimum atomic E-state index is -0.488. The number of benzene rings is 1. The molecule has 0 spiro atoms. The molecule has 7 nitrogen and oxygen atoms in total. The number of carbonyl (C=O) groups is 2. The first-order valence-electron chi connectivity index (χ1n) is 7.15. The van der Waals surface area contributed by atoms with Crippen LogP contribution in [0.15, 0.2) is 28.7 Å². The van der Waals surface area contributed by atoms with E-state index in [4.69, 9.17) is 13.9 Å². The van der Waals surface area contributed by atoms with Crippen molar-refractivity contribution in [1.29, 1.82) is 0 Å². The Labute approximate surface area is 134 Å². The summed E-state index contributed by atoms with van der Waals surface area (Å²) in [5.41, 5.74) is 0.544. The Morgan fingerprint density at radius 1 is 1.26 bits per heavy atom. The maximum absolute atomic E-state index is 12.0. The van der Waals surface area contributed by atoms with Crippen LogP contribution in [0.4, 0.5) is 0 Å². The second-order valence-corrected chi connectivity index (χ2v) is 5.22. The monoisotopic (exact) mass is 320 g/mol. The molecule has 7 heteroatoms. The molecular formula is C16H20N2O5. The van der Waals surface area contributed by atoms with E-state index in [1.165, 1.54) is 0 Å². The Kier molecular flexibility index (Phi) is 5.59. The van der Waals surface area contributed by atoms with Crippen molar-refractivity contribution in [1.82, 2.24) is 10.2 Å². The van der Waals surface area contributed by atoms with Crippen molar-refractivity contribution in [2.75, 3.05) is 40.9 Å². The largest absolute Gasteiger partial charge is 0.497 e. The molecule has 0 aliphatic heterocycles. The predicted molar refractivity (Wildman–Crippen MR) is 84.6 cm³/mol. The lowest BCUT2D eigenvalue weighted by Crippen LogP contribution is -2.31. The van der Waals surface area contributed by atoms with Crippen molar-refractivity contribution >= 4 is 22.8 Å². The number of ether oxygens (including phenoxy) is 2. The van der Waals surface area contributed by atoms with Crippen molar-refractivity contribution in [2.24, 2.45) is 0 Å². The maximum atomic E-state index is 12.0. The number of carbonyl (C=O) groups excluding carboxylic acids is 2. The third-order valence-corrected chi connectivity index (χ3v) is 3.15. The van der Waals surface area contributed by atoms with Gasteiger partial charge in [-0.25, -0.2) is 0 Å². The molecule has 0 fully saturated rings. The van der Waals surface area contributed by atoms with Crippen molar-refractivity contribution in [3.8, 4) is 5.75 Å². The van der Waals surface area contributed by atoms with Crippen molar-refractivity contribution in [3.05, 3.63) is 30.0 Å². The molecule has 0 unspecified atom stereocenters. The zero-order chi connectivity index (χ0) is 16.8. The minimum Gasteiger partial charge on any atom is -0.497 e. The molecule has 2 rings (SSSR count). The number of fused-ring (bicyclic) bond motifs is 1. The topological polar surface area (TPSA) is 81.0 Å². The van der Waals surface area contributed by atoms with Gasteiger partial charge >= 0.3 is 5.97 Å². The minimum absolute atomic E-state index is 0.134. The molecule has 0 atom stereocenters. The van der Waals surface area contributed by atoms with Gasteiger partial charge in [0.25, 0.3) is 5.91 Å². The van der Waals surface area contributed by atoms with E-state index in [0.717, 1.165) is 5.39 Å². The van der Waals surface area contributed by atoms with Crippen LogP contribution in [0.25, 0.3) is 11.0 Å². The summed E-state index contributed by atoms with van der Waals surface area (Å²) in [6.45, 7) is 0.712. The Hall–Kier alpha value is -2.54. The van der Waals surface area contributed by atoms with Gasteiger partial charge in [-0.1, -0.05) is 0 Å². The first kappa shape index (κ1) is 16.8. The predicted octanol–water partition coefficient (Wildman–Crippen LogP) is 1.28. The molecule has 1 aromatic heterocycles. The van der Waals surface area contributed by atoms with Crippen LogP contribution >= 0.6 is 0 Å². The number of furan rings is 1. The fourth-order valence-electron chi connectivity index (χ4n) is 1.88. The van der Waals surface area contributed by atoms with Crippen LogP contribution in [0.2, 0.25) is 0 Å². The number of likely N-dealkylation sites (N-methyl/N-ethyl adjacent to an activating group) is 1. The highest BCUT2D eigenvalue weighted by atomic mass is 16.5. The van der Waals surface area contributed by atoms with Gasteiger partial charge in [-0.3, -0.25) is 9.59 Å². The molecule has 1 amide bonds. The van der Waals surface area contributed by atoms with E-state index < -0.39 is 11.9 Å². The van der Waals surface area contributed by atoms with Crippen LogP contribution in [-0.2, 0) is 9.53 Å². The second-order valence-electron chi connectivity index (χ2n) is 5.22. The molecule has 1 aromatic carbocycles. The average molecular weight is 320 g/mol. The zero-order valence-corrected chi connectivity index (χ0v) is 13.4. The van der Waals surface area contributed by atoms with E-state index in [1.54, 1.807) is 31.4 Å². The molecule has 0 aliphatic carbocycles. The lowest BCUT2D eigenvalue weighted by molar-refractivity contribution is -0.142. The van der Waals surface area contributed by atoms with E-state index in [9.17, 15) is 9.59 Å². The Morgan fingerprint density at radius 2 is 2.04 bits per heavy atom. The second kappa shape index (κ2) is 7.64. The van der Waals surface area contributed by atoms with Gasteiger partial charge in [0.05, 0.1) is 7.11 Å². The summed E-state index contributed by atoms with van der Waals surface area (Å²) in [6.07, 6.45) is 0. The summed E-state index contributed by atoms with van der Waals surface area (Å²) in [7, 11) is 5.32. The highest BCUT2D eigenvalue weighted by Gasteiger charge is 2.14. The molecule has 1 N–H and O–H groups in total. The number of esters is 1. The zero-order valence-electron chi connectivity index (χ0n) is 13.4. The van der Waals surface area contributed by atoms with E-state index in [0.29, 0.717) is 17.9 Å². The standard InChI is InChI=1S/C16H20N2O5/c1-18(2)6-7-22-15(19)10-17-16(20)14-8-11-4-5-12(21-3)9-13(11)23-14/h4-5,8-9H,6-7,10H2,1-3H3,(H,17,20). The first-order chi connectivity index (χ1) is 11.0. The van der Waals surface area contributed by atoms with Crippen molar-refractivity contribution < 1.29 is 23.5 Å². The number of nitrogens with zero attached hydrogens (tertiary/aromatic N) is 1. The van der Waals surface area contributed by atoms with Crippen LogP contribution in [0.3, 0.4) is 0 Å². The molecule has 0 saturated heterocycles. The number of rotatable bonds is 7. The fourth-order valence-corrected chi connectivity index (χ4v) is 1.88. The Bertz CT molecular complexity index is 693. The van der Waals surface area contributed by atoms with Crippen molar-refractivity contribution in [2.45, 2.75) is 0 Å². The molecule has 1 heterocycles. The van der Waals surface area contributed by atoms with Crippen LogP contribution in [0, 0.1) is 0 Å². The first-order valence-corrected chi connectivity index (χ1v) is 7.15. The molecule has 23 heavy (non-hydrogen) atoms. The summed E-state index contributed by atoms with van der Waals surface area (Å²) >= 11 is 0. The fraction of sp³-hybridized carbons (Fsp3) is 0.375. The summed E-state index contributed by atoms with van der Waals surface area (Å²) in [4.78, 5) is 25.4. The third-order valence-electron chi connectivity index (χ3n) is 3.15. The lowest BCUT2D eigenvalue weighted by Gasteiger charge is -2.09. The third kappa shape index (κ3) is 4.72. The normalized spacial score (nSPS) is 10.8. The van der Waals surface area contributed by atoms with Gasteiger partial charge in [0, 0.05) is 18.0 Å². The van der Waals surface area contributed by atoms with Crippen LogP contribution in [-0.4, -0.2) is 57.7 Å². The summed E-state index contributed by atoms with van der Waals surface area (Å²) in [5.74, 6) is -0.180. The van der Waals surface area contributed by atoms with Crippen LogP contribution in [0.5, 0.6) is 5.75 Å². The quantitative estimate of drug-likeness (QED) is 0.774. The molecule has 0 saturated carbocycles. The molecule has 2 aromatic rings. The van der Waals surface area contributed by atoms with Gasteiger partial charge < -0.3 is 24.1 Å². The Balaban J connectivity index is 1.89. The summed E-state index contributed by atoms with van der Waals surface area (Å²) in [6, 6.07) is 6.88. The maximum Gasteiger partial charge on any atom is 0.325 e. The summed E-state index contributed by atoms with van der Waals surface area (Å²) < 4.78 is 15.6. The number of amides is 1. The highest BCUT2D eigenvalue weighted by Crippen LogP contribution is 2.24.